The second kappa shape index (κ2) is 7.03. The summed E-state index contributed by atoms with van der Waals surface area (Å²) in [4.78, 5) is 12.7. The van der Waals surface area contributed by atoms with Crippen molar-refractivity contribution in [3.63, 3.8) is 0 Å². The van der Waals surface area contributed by atoms with Crippen molar-refractivity contribution in [1.82, 2.24) is 0 Å². The number of carbonyl (C=O) groups is 1. The molecule has 5 heteroatoms. The van der Waals surface area contributed by atoms with Crippen LogP contribution in [0, 0.1) is 0 Å². The fraction of sp³-hybridized carbons (Fsp3) is 0.533. The van der Waals surface area contributed by atoms with Crippen molar-refractivity contribution in [1.29, 1.82) is 0 Å². The normalized spacial score (nSPS) is 17.9. The van der Waals surface area contributed by atoms with Gasteiger partial charge in [0.05, 0.1) is 0 Å². The molecule has 110 valence electrons. The van der Waals surface area contributed by atoms with E-state index in [1.54, 1.807) is 0 Å². The second-order valence-corrected chi connectivity index (χ2v) is 6.20. The number of Topliss-reactive ketones (excluding diaryl/α,β-unsaturated/α-hetero) is 1. The summed E-state index contributed by atoms with van der Waals surface area (Å²) in [6.45, 7) is 3.58. The molecule has 0 bridgehead atoms. The number of ketones is 1. The van der Waals surface area contributed by atoms with Crippen molar-refractivity contribution in [2.24, 2.45) is 0 Å². The molecule has 20 heavy (non-hydrogen) atoms. The lowest BCUT2D eigenvalue weighted by atomic mass is 9.86. The maximum atomic E-state index is 12.7. The van der Waals surface area contributed by atoms with Gasteiger partial charge in [-0.05, 0) is 24.6 Å². The van der Waals surface area contributed by atoms with Crippen molar-refractivity contribution >= 4 is 33.3 Å². The fourth-order valence-electron chi connectivity index (χ4n) is 2.48. The first kappa shape index (κ1) is 16.0. The van der Waals surface area contributed by atoms with E-state index in [0.717, 1.165) is 10.0 Å². The summed E-state index contributed by atoms with van der Waals surface area (Å²) in [5, 5.41) is 0.603. The highest BCUT2D eigenvalue weighted by Gasteiger charge is 2.40. The Morgan fingerprint density at radius 3 is 2.75 bits per heavy atom. The smallest absolute Gasteiger partial charge is 0.169 e. The maximum Gasteiger partial charge on any atom is 0.169 e. The number of rotatable bonds is 5. The maximum absolute atomic E-state index is 12.7. The van der Waals surface area contributed by atoms with Crippen LogP contribution in [0.5, 0.6) is 0 Å². The quantitative estimate of drug-likeness (QED) is 0.800. The van der Waals surface area contributed by atoms with Crippen LogP contribution in [0.25, 0.3) is 0 Å². The standard InChI is InChI=1S/C15H18BrClO3/c1-2-20-15(5-7-19-8-6-15)14(18)9-11-3-4-12(16)10-13(11)17/h3-4,10H,2,5-9H2,1H3. The number of ether oxygens (including phenoxy) is 2. The van der Waals surface area contributed by atoms with E-state index < -0.39 is 5.60 Å². The second-order valence-electron chi connectivity index (χ2n) is 4.88. The van der Waals surface area contributed by atoms with Gasteiger partial charge in [0.25, 0.3) is 0 Å². The van der Waals surface area contributed by atoms with Gasteiger partial charge < -0.3 is 9.47 Å². The summed E-state index contributed by atoms with van der Waals surface area (Å²) in [6, 6.07) is 5.58. The lowest BCUT2D eigenvalue weighted by Gasteiger charge is -2.35. The van der Waals surface area contributed by atoms with Crippen LogP contribution in [-0.4, -0.2) is 31.2 Å². The van der Waals surface area contributed by atoms with Gasteiger partial charge >= 0.3 is 0 Å². The van der Waals surface area contributed by atoms with Crippen molar-refractivity contribution < 1.29 is 14.3 Å². The van der Waals surface area contributed by atoms with Crippen LogP contribution in [-0.2, 0) is 20.7 Å². The van der Waals surface area contributed by atoms with E-state index in [-0.39, 0.29) is 5.78 Å². The molecule has 0 atom stereocenters. The zero-order valence-electron chi connectivity index (χ0n) is 11.5. The van der Waals surface area contributed by atoms with Crippen LogP contribution < -0.4 is 0 Å². The highest BCUT2D eigenvalue weighted by molar-refractivity contribution is 9.10. The van der Waals surface area contributed by atoms with Gasteiger partial charge in [0.15, 0.2) is 5.78 Å². The van der Waals surface area contributed by atoms with Crippen LogP contribution in [0.3, 0.4) is 0 Å². The minimum absolute atomic E-state index is 0.0897. The van der Waals surface area contributed by atoms with Crippen molar-refractivity contribution in [3.8, 4) is 0 Å². The molecule has 1 fully saturated rings. The molecule has 1 aromatic carbocycles. The lowest BCUT2D eigenvalue weighted by molar-refractivity contribution is -0.156. The molecule has 0 unspecified atom stereocenters. The van der Waals surface area contributed by atoms with E-state index in [9.17, 15) is 4.79 Å². The number of hydrogen-bond donors (Lipinski definition) is 0. The van der Waals surface area contributed by atoms with Gasteiger partial charge in [-0.25, -0.2) is 0 Å². The SMILES string of the molecule is CCOC1(C(=O)Cc2ccc(Br)cc2Cl)CCOCC1. The molecule has 1 aliphatic heterocycles. The van der Waals surface area contributed by atoms with Gasteiger partial charge in [0, 0.05) is 48.6 Å². The third-order valence-corrected chi connectivity index (χ3v) is 4.44. The number of carbonyl (C=O) groups excluding carboxylic acids is 1. The van der Waals surface area contributed by atoms with E-state index >= 15 is 0 Å². The zero-order valence-corrected chi connectivity index (χ0v) is 13.8. The molecule has 0 aliphatic carbocycles. The van der Waals surface area contributed by atoms with Crippen LogP contribution >= 0.6 is 27.5 Å². The minimum atomic E-state index is -0.705. The first-order valence-electron chi connectivity index (χ1n) is 6.76. The molecule has 0 amide bonds. The molecule has 3 nitrogen and oxygen atoms in total. The third-order valence-electron chi connectivity index (χ3n) is 3.60. The molecular formula is C15H18BrClO3. The lowest BCUT2D eigenvalue weighted by Crippen LogP contribution is -2.47. The summed E-state index contributed by atoms with van der Waals surface area (Å²) < 4.78 is 12.0. The predicted molar refractivity (Wildman–Crippen MR) is 82.3 cm³/mol. The topological polar surface area (TPSA) is 35.5 Å². The summed E-state index contributed by atoms with van der Waals surface area (Å²) in [5.41, 5.74) is 0.133. The molecule has 2 rings (SSSR count). The van der Waals surface area contributed by atoms with Crippen molar-refractivity contribution in [2.75, 3.05) is 19.8 Å². The highest BCUT2D eigenvalue weighted by atomic mass is 79.9. The number of halogens is 2. The Morgan fingerprint density at radius 2 is 2.15 bits per heavy atom. The molecular weight excluding hydrogens is 344 g/mol. The molecule has 1 saturated heterocycles. The Labute approximate surface area is 132 Å². The Kier molecular flexibility index (Phi) is 5.61. The van der Waals surface area contributed by atoms with Gasteiger partial charge in [-0.15, -0.1) is 0 Å². The number of hydrogen-bond acceptors (Lipinski definition) is 3. The largest absolute Gasteiger partial charge is 0.381 e. The van der Waals surface area contributed by atoms with Crippen molar-refractivity contribution in [2.45, 2.75) is 31.8 Å². The Morgan fingerprint density at radius 1 is 1.45 bits per heavy atom. The minimum Gasteiger partial charge on any atom is -0.381 e. The molecule has 1 aliphatic rings. The Hall–Kier alpha value is -0.420. The van der Waals surface area contributed by atoms with Gasteiger partial charge in [-0.2, -0.15) is 0 Å². The summed E-state index contributed by atoms with van der Waals surface area (Å²) in [5.74, 6) is 0.0897. The monoisotopic (exact) mass is 360 g/mol. The average Bonchev–Trinajstić information content (AvgIpc) is 2.43. The molecule has 1 aromatic rings. The highest BCUT2D eigenvalue weighted by Crippen LogP contribution is 2.30. The predicted octanol–water partition coefficient (Wildman–Crippen LogP) is 3.80. The summed E-state index contributed by atoms with van der Waals surface area (Å²) >= 11 is 9.55. The van der Waals surface area contributed by atoms with E-state index in [1.807, 2.05) is 25.1 Å². The molecule has 0 spiro atoms. The molecule has 0 saturated carbocycles. The van der Waals surface area contributed by atoms with E-state index in [2.05, 4.69) is 15.9 Å². The molecule has 0 radical (unpaired) electrons. The van der Waals surface area contributed by atoms with E-state index in [1.165, 1.54) is 0 Å². The molecule has 0 N–H and O–H groups in total. The third kappa shape index (κ3) is 3.61. The first-order chi connectivity index (χ1) is 9.57. The number of benzene rings is 1. The van der Waals surface area contributed by atoms with E-state index in [4.69, 9.17) is 21.1 Å². The summed E-state index contributed by atoms with van der Waals surface area (Å²) in [6.07, 6.45) is 1.54. The van der Waals surface area contributed by atoms with Crippen LogP contribution in [0.4, 0.5) is 0 Å². The van der Waals surface area contributed by atoms with Crippen LogP contribution in [0.15, 0.2) is 22.7 Å². The van der Waals surface area contributed by atoms with Gasteiger partial charge in [-0.1, -0.05) is 33.6 Å². The Balaban J connectivity index is 2.15. The van der Waals surface area contributed by atoms with Gasteiger partial charge in [0.1, 0.15) is 5.60 Å². The molecule has 1 heterocycles. The zero-order chi connectivity index (χ0) is 14.6. The van der Waals surface area contributed by atoms with Crippen LogP contribution in [0.2, 0.25) is 5.02 Å². The van der Waals surface area contributed by atoms with Crippen LogP contribution in [0.1, 0.15) is 25.3 Å². The average molecular weight is 362 g/mol. The van der Waals surface area contributed by atoms with Gasteiger partial charge in [-0.3, -0.25) is 4.79 Å². The van der Waals surface area contributed by atoms with Crippen molar-refractivity contribution in [3.05, 3.63) is 33.3 Å². The summed E-state index contributed by atoms with van der Waals surface area (Å²) in [7, 11) is 0. The Bertz CT molecular complexity index is 478. The van der Waals surface area contributed by atoms with E-state index in [0.29, 0.717) is 44.1 Å². The fourth-order valence-corrected chi connectivity index (χ4v) is 3.22. The van der Waals surface area contributed by atoms with Gasteiger partial charge in [0.2, 0.25) is 0 Å². The molecule has 0 aromatic heterocycles. The first-order valence-corrected chi connectivity index (χ1v) is 7.93.